The molecule has 1 unspecified atom stereocenters. The third kappa shape index (κ3) is 4.02. The quantitative estimate of drug-likeness (QED) is 0.876. The lowest BCUT2D eigenvalue weighted by Crippen LogP contribution is -2.43. The molecule has 0 saturated carbocycles. The number of halogens is 3. The zero-order valence-electron chi connectivity index (χ0n) is 13.6. The monoisotopic (exact) mass is 343 g/mol. The Morgan fingerprint density at radius 3 is 2.54 bits per heavy atom. The van der Waals surface area contributed by atoms with E-state index in [0.29, 0.717) is 25.3 Å². The topological polar surface area (TPSA) is 38.7 Å². The van der Waals surface area contributed by atoms with Crippen molar-refractivity contribution in [2.24, 2.45) is 5.92 Å². The second-order valence-corrected chi connectivity index (χ2v) is 6.65. The summed E-state index contributed by atoms with van der Waals surface area (Å²) < 4.78 is 39.3. The molecule has 2 saturated heterocycles. The summed E-state index contributed by atoms with van der Waals surface area (Å²) in [6, 6.07) is 4.07. The van der Waals surface area contributed by atoms with Crippen molar-refractivity contribution >= 4 is 5.69 Å². The second kappa shape index (κ2) is 7.29. The largest absolute Gasteiger partial charge is 0.416 e. The lowest BCUT2D eigenvalue weighted by Gasteiger charge is -2.30. The van der Waals surface area contributed by atoms with Gasteiger partial charge in [-0.2, -0.15) is 13.2 Å². The number of anilines is 1. The van der Waals surface area contributed by atoms with Gasteiger partial charge in [0, 0.05) is 64.0 Å². The summed E-state index contributed by atoms with van der Waals surface area (Å²) in [6.45, 7) is 5.68. The molecule has 7 heteroatoms. The molecule has 0 bridgehead atoms. The van der Waals surface area contributed by atoms with Gasteiger partial charge in [0.05, 0.1) is 5.56 Å². The van der Waals surface area contributed by atoms with Crippen LogP contribution in [0.4, 0.5) is 18.9 Å². The lowest BCUT2D eigenvalue weighted by molar-refractivity contribution is -0.137. The van der Waals surface area contributed by atoms with Crippen LogP contribution in [0.25, 0.3) is 0 Å². The number of nitrogens with zero attached hydrogens (tertiary/aromatic N) is 2. The molecule has 2 N–H and O–H groups in total. The van der Waals surface area contributed by atoms with Gasteiger partial charge >= 0.3 is 6.18 Å². The van der Waals surface area contributed by atoms with Crippen molar-refractivity contribution in [3.05, 3.63) is 29.3 Å². The van der Waals surface area contributed by atoms with Crippen molar-refractivity contribution in [3.8, 4) is 0 Å². The highest BCUT2D eigenvalue weighted by molar-refractivity contribution is 5.57. The minimum atomic E-state index is -4.33. The first-order chi connectivity index (χ1) is 11.5. The molecular weight excluding hydrogens is 319 g/mol. The van der Waals surface area contributed by atoms with Crippen LogP contribution in [0.15, 0.2) is 18.2 Å². The third-order valence-corrected chi connectivity index (χ3v) is 4.90. The summed E-state index contributed by atoms with van der Waals surface area (Å²) in [4.78, 5) is 4.26. The van der Waals surface area contributed by atoms with Gasteiger partial charge in [-0.05, 0) is 24.1 Å². The predicted molar refractivity (Wildman–Crippen MR) is 87.0 cm³/mol. The number of benzene rings is 1. The number of hydrogen-bond acceptors (Lipinski definition) is 4. The number of alkyl halides is 3. The molecular formula is C17H24F3N3O. The van der Waals surface area contributed by atoms with Crippen LogP contribution < -0.4 is 10.2 Å². The Labute approximate surface area is 140 Å². The molecule has 0 spiro atoms. The Hall–Kier alpha value is -1.31. The molecule has 0 aromatic heterocycles. The highest BCUT2D eigenvalue weighted by Crippen LogP contribution is 2.35. The van der Waals surface area contributed by atoms with Gasteiger partial charge in [0.1, 0.15) is 0 Å². The zero-order chi connectivity index (χ0) is 17.2. The highest BCUT2D eigenvalue weighted by Gasteiger charge is 2.33. The maximum atomic E-state index is 13.1. The van der Waals surface area contributed by atoms with Crippen LogP contribution in [0, 0.1) is 5.92 Å². The molecule has 0 radical (unpaired) electrons. The van der Waals surface area contributed by atoms with E-state index in [1.807, 2.05) is 4.90 Å². The standard InChI is InChI=1S/C17H24F3N3O/c18-17(19,20)15-2-1-14(11-22-7-4-21-5-8-22)16(9-15)23-6-3-13(10-23)12-24/h1-2,9,13,21,24H,3-8,10-12H2. The van der Waals surface area contributed by atoms with Crippen LogP contribution >= 0.6 is 0 Å². The summed E-state index contributed by atoms with van der Waals surface area (Å²) in [5.74, 6) is 0.145. The minimum Gasteiger partial charge on any atom is -0.396 e. The molecule has 0 aliphatic carbocycles. The van der Waals surface area contributed by atoms with E-state index in [2.05, 4.69) is 10.2 Å². The number of hydrogen-bond donors (Lipinski definition) is 2. The van der Waals surface area contributed by atoms with Crippen LogP contribution in [-0.4, -0.2) is 55.9 Å². The number of nitrogens with one attached hydrogen (secondary N) is 1. The van der Waals surface area contributed by atoms with E-state index in [1.165, 1.54) is 12.1 Å². The number of rotatable bonds is 4. The van der Waals surface area contributed by atoms with Crippen LogP contribution in [0.5, 0.6) is 0 Å². The summed E-state index contributed by atoms with van der Waals surface area (Å²) in [5, 5.41) is 12.6. The molecule has 4 nitrogen and oxygen atoms in total. The predicted octanol–water partition coefficient (Wildman–Crippen LogP) is 1.93. The van der Waals surface area contributed by atoms with E-state index in [0.717, 1.165) is 38.2 Å². The third-order valence-electron chi connectivity index (χ3n) is 4.90. The Kier molecular flexibility index (Phi) is 5.32. The minimum absolute atomic E-state index is 0.0859. The van der Waals surface area contributed by atoms with Crippen LogP contribution in [0.2, 0.25) is 0 Å². The maximum absolute atomic E-state index is 13.1. The van der Waals surface area contributed by atoms with Gasteiger partial charge in [0.15, 0.2) is 0 Å². The van der Waals surface area contributed by atoms with Crippen LogP contribution in [0.1, 0.15) is 17.5 Å². The van der Waals surface area contributed by atoms with Crippen molar-refractivity contribution in [1.29, 1.82) is 0 Å². The SMILES string of the molecule is OCC1CCN(c2cc(C(F)(F)F)ccc2CN2CCNCC2)C1. The molecule has 134 valence electrons. The van der Waals surface area contributed by atoms with E-state index >= 15 is 0 Å². The Morgan fingerprint density at radius 1 is 1.17 bits per heavy atom. The number of aliphatic hydroxyl groups excluding tert-OH is 1. The average molecular weight is 343 g/mol. The van der Waals surface area contributed by atoms with Crippen LogP contribution in [-0.2, 0) is 12.7 Å². The molecule has 24 heavy (non-hydrogen) atoms. The number of piperazine rings is 1. The fourth-order valence-electron chi connectivity index (χ4n) is 3.48. The van der Waals surface area contributed by atoms with Crippen molar-refractivity contribution in [3.63, 3.8) is 0 Å². The molecule has 1 aromatic rings. The van der Waals surface area contributed by atoms with Gasteiger partial charge < -0.3 is 15.3 Å². The Bertz CT molecular complexity index is 559. The molecule has 2 fully saturated rings. The molecule has 2 aliphatic heterocycles. The van der Waals surface area contributed by atoms with Gasteiger partial charge in [-0.3, -0.25) is 4.90 Å². The zero-order valence-corrected chi connectivity index (χ0v) is 13.6. The van der Waals surface area contributed by atoms with Crippen molar-refractivity contribution in [2.45, 2.75) is 19.1 Å². The van der Waals surface area contributed by atoms with Crippen molar-refractivity contribution < 1.29 is 18.3 Å². The summed E-state index contributed by atoms with van der Waals surface area (Å²) in [7, 11) is 0. The molecule has 2 aliphatic rings. The Morgan fingerprint density at radius 2 is 1.92 bits per heavy atom. The Balaban J connectivity index is 1.86. The first-order valence-corrected chi connectivity index (χ1v) is 8.46. The molecule has 1 aromatic carbocycles. The summed E-state index contributed by atoms with van der Waals surface area (Å²) in [5.41, 5.74) is 0.997. The van der Waals surface area contributed by atoms with Gasteiger partial charge in [-0.15, -0.1) is 0 Å². The lowest BCUT2D eigenvalue weighted by atomic mass is 10.1. The van der Waals surface area contributed by atoms with Gasteiger partial charge in [-0.1, -0.05) is 6.07 Å². The molecule has 1 atom stereocenters. The molecule has 2 heterocycles. The number of aliphatic hydroxyl groups is 1. The van der Waals surface area contributed by atoms with Gasteiger partial charge in [0.25, 0.3) is 0 Å². The van der Waals surface area contributed by atoms with Crippen LogP contribution in [0.3, 0.4) is 0 Å². The maximum Gasteiger partial charge on any atom is 0.416 e. The first kappa shape index (κ1) is 17.5. The first-order valence-electron chi connectivity index (χ1n) is 8.46. The fourth-order valence-corrected chi connectivity index (χ4v) is 3.48. The van der Waals surface area contributed by atoms with Crippen molar-refractivity contribution in [2.75, 3.05) is 50.8 Å². The fraction of sp³-hybridized carbons (Fsp3) is 0.647. The summed E-state index contributed by atoms with van der Waals surface area (Å²) >= 11 is 0. The average Bonchev–Trinajstić information content (AvgIpc) is 3.04. The molecule has 0 amide bonds. The molecule has 3 rings (SSSR count). The normalized spacial score (nSPS) is 23.0. The van der Waals surface area contributed by atoms with Crippen molar-refractivity contribution in [1.82, 2.24) is 10.2 Å². The second-order valence-electron chi connectivity index (χ2n) is 6.65. The van der Waals surface area contributed by atoms with E-state index in [-0.39, 0.29) is 12.5 Å². The van der Waals surface area contributed by atoms with Gasteiger partial charge in [-0.25, -0.2) is 0 Å². The smallest absolute Gasteiger partial charge is 0.396 e. The van der Waals surface area contributed by atoms with E-state index < -0.39 is 11.7 Å². The highest BCUT2D eigenvalue weighted by atomic mass is 19.4. The van der Waals surface area contributed by atoms with Gasteiger partial charge in [0.2, 0.25) is 0 Å². The summed E-state index contributed by atoms with van der Waals surface area (Å²) in [6.07, 6.45) is -3.52. The van der Waals surface area contributed by atoms with E-state index in [1.54, 1.807) is 6.07 Å². The van der Waals surface area contributed by atoms with E-state index in [4.69, 9.17) is 0 Å². The van der Waals surface area contributed by atoms with E-state index in [9.17, 15) is 18.3 Å².